The van der Waals surface area contributed by atoms with Gasteiger partial charge in [-0.1, -0.05) is 24.6 Å². The van der Waals surface area contributed by atoms with Crippen molar-refractivity contribution in [1.82, 2.24) is 5.32 Å². The van der Waals surface area contributed by atoms with Crippen molar-refractivity contribution in [2.45, 2.75) is 45.4 Å². The van der Waals surface area contributed by atoms with Crippen LogP contribution in [0.5, 0.6) is 11.5 Å². The van der Waals surface area contributed by atoms with Crippen LogP contribution in [0, 0.1) is 0 Å². The highest BCUT2D eigenvalue weighted by molar-refractivity contribution is 6.30. The summed E-state index contributed by atoms with van der Waals surface area (Å²) in [5, 5.41) is 3.91. The number of nitrogens with zero attached hydrogens (tertiary/aromatic N) is 2. The van der Waals surface area contributed by atoms with E-state index < -0.39 is 0 Å². The monoisotopic (exact) mass is 521 g/mol. The molecule has 1 aliphatic heterocycles. The number of methoxy groups -OCH3 is 1. The first kappa shape index (κ1) is 26.8. The molecule has 6 nitrogen and oxygen atoms in total. The minimum absolute atomic E-state index is 0.0260. The number of ether oxygens (including phenoxy) is 2. The summed E-state index contributed by atoms with van der Waals surface area (Å²) in [5.41, 5.74) is 5.93. The number of carbonyl (C=O) groups excluding carboxylic acids is 1. The van der Waals surface area contributed by atoms with Crippen LogP contribution in [0.15, 0.2) is 54.6 Å². The van der Waals surface area contributed by atoms with Crippen molar-refractivity contribution >= 4 is 28.9 Å². The lowest BCUT2D eigenvalue weighted by Gasteiger charge is -2.39. The Morgan fingerprint density at radius 2 is 1.81 bits per heavy atom. The van der Waals surface area contributed by atoms with Gasteiger partial charge >= 0.3 is 0 Å². The Balaban J connectivity index is 1.95. The van der Waals surface area contributed by atoms with Crippen molar-refractivity contribution in [3.05, 3.63) is 81.9 Å². The second kappa shape index (κ2) is 11.4. The molecule has 4 rings (SSSR count). The summed E-state index contributed by atoms with van der Waals surface area (Å²) in [6.45, 7) is 4.76. The highest BCUT2D eigenvalue weighted by Crippen LogP contribution is 2.45. The minimum Gasteiger partial charge on any atom is -0.493 e. The van der Waals surface area contributed by atoms with Crippen LogP contribution in [0.4, 0.5) is 11.4 Å². The fraction of sp³-hybridized carbons (Fsp3) is 0.367. The van der Waals surface area contributed by atoms with Gasteiger partial charge in [0.25, 0.3) is 0 Å². The maximum absolute atomic E-state index is 13.8. The van der Waals surface area contributed by atoms with Crippen molar-refractivity contribution in [2.75, 3.05) is 38.1 Å². The first-order chi connectivity index (χ1) is 17.8. The molecule has 7 heteroatoms. The van der Waals surface area contributed by atoms with E-state index in [0.717, 1.165) is 40.0 Å². The molecule has 1 aliphatic rings. The average molecular weight is 522 g/mol. The highest BCUT2D eigenvalue weighted by atomic mass is 35.5. The van der Waals surface area contributed by atoms with Crippen LogP contribution in [-0.4, -0.2) is 40.3 Å². The Morgan fingerprint density at radius 1 is 1.08 bits per heavy atom. The van der Waals surface area contributed by atoms with E-state index in [2.05, 4.69) is 18.3 Å². The van der Waals surface area contributed by atoms with Crippen LogP contribution >= 0.6 is 11.6 Å². The zero-order valence-corrected chi connectivity index (χ0v) is 23.2. The summed E-state index contributed by atoms with van der Waals surface area (Å²) >= 11 is 6.41. The van der Waals surface area contributed by atoms with Gasteiger partial charge in [-0.05, 0) is 91.2 Å². The lowest BCUT2D eigenvalue weighted by atomic mass is 9.85. The molecule has 2 atom stereocenters. The van der Waals surface area contributed by atoms with Gasteiger partial charge in [0.2, 0.25) is 5.91 Å². The third kappa shape index (κ3) is 5.55. The molecule has 0 aliphatic carbocycles. The average Bonchev–Trinajstić information content (AvgIpc) is 2.88. The largest absolute Gasteiger partial charge is 0.493 e. The van der Waals surface area contributed by atoms with Crippen LogP contribution in [0.25, 0.3) is 0 Å². The van der Waals surface area contributed by atoms with Crippen molar-refractivity contribution in [3.8, 4) is 11.5 Å². The van der Waals surface area contributed by atoms with Gasteiger partial charge in [0.1, 0.15) is 0 Å². The molecule has 0 radical (unpaired) electrons. The number of benzene rings is 3. The van der Waals surface area contributed by atoms with Crippen molar-refractivity contribution in [1.29, 1.82) is 0 Å². The van der Waals surface area contributed by atoms with Crippen LogP contribution in [0.3, 0.4) is 0 Å². The Labute approximate surface area is 225 Å². The predicted octanol–water partition coefficient (Wildman–Crippen LogP) is 5.99. The summed E-state index contributed by atoms with van der Waals surface area (Å²) in [5.74, 6) is 1.35. The molecule has 1 N–H and O–H groups in total. The smallest absolute Gasteiger partial charge is 0.232 e. The first-order valence-corrected chi connectivity index (χ1v) is 13.0. The Bertz CT molecular complexity index is 1260. The molecule has 196 valence electrons. The quantitative estimate of drug-likeness (QED) is 0.375. The van der Waals surface area contributed by atoms with Gasteiger partial charge in [-0.15, -0.1) is 0 Å². The number of fused-ring (bicyclic) bond motifs is 1. The summed E-state index contributed by atoms with van der Waals surface area (Å²) in [6.07, 6.45) is 1.17. The zero-order valence-electron chi connectivity index (χ0n) is 22.5. The third-order valence-electron chi connectivity index (χ3n) is 6.90. The van der Waals surface area contributed by atoms with E-state index in [1.165, 1.54) is 0 Å². The molecule has 1 amide bonds. The number of anilines is 2. The van der Waals surface area contributed by atoms with Gasteiger partial charge in [0.15, 0.2) is 11.5 Å². The number of rotatable bonds is 9. The molecule has 2 unspecified atom stereocenters. The number of nitrogens with one attached hydrogen (secondary N) is 1. The molecular weight excluding hydrogens is 486 g/mol. The lowest BCUT2D eigenvalue weighted by Crippen LogP contribution is -2.41. The number of hydrogen-bond acceptors (Lipinski definition) is 5. The van der Waals surface area contributed by atoms with Crippen LogP contribution in [0.2, 0.25) is 5.02 Å². The van der Waals surface area contributed by atoms with E-state index in [0.29, 0.717) is 23.1 Å². The molecule has 0 fully saturated rings. The van der Waals surface area contributed by atoms with Gasteiger partial charge in [0, 0.05) is 37.0 Å². The third-order valence-corrected chi connectivity index (χ3v) is 7.14. The van der Waals surface area contributed by atoms with Gasteiger partial charge in [-0.2, -0.15) is 0 Å². The van der Waals surface area contributed by atoms with E-state index in [4.69, 9.17) is 21.1 Å². The number of carbonyl (C=O) groups is 1. The maximum Gasteiger partial charge on any atom is 0.232 e. The second-order valence-corrected chi connectivity index (χ2v) is 10.1. The Morgan fingerprint density at radius 3 is 2.43 bits per heavy atom. The summed E-state index contributed by atoms with van der Waals surface area (Å²) in [6, 6.07) is 17.7. The van der Waals surface area contributed by atoms with E-state index in [9.17, 15) is 4.79 Å². The van der Waals surface area contributed by atoms with Gasteiger partial charge < -0.3 is 24.6 Å². The van der Waals surface area contributed by atoms with Crippen LogP contribution in [0.1, 0.15) is 48.6 Å². The molecule has 37 heavy (non-hydrogen) atoms. The van der Waals surface area contributed by atoms with Gasteiger partial charge in [0.05, 0.1) is 25.7 Å². The molecule has 0 saturated carbocycles. The normalized spacial score (nSPS) is 15.8. The molecule has 0 saturated heterocycles. The van der Waals surface area contributed by atoms with Crippen molar-refractivity contribution in [2.24, 2.45) is 0 Å². The van der Waals surface area contributed by atoms with E-state index in [1.54, 1.807) is 7.11 Å². The fourth-order valence-electron chi connectivity index (χ4n) is 4.80. The Hall–Kier alpha value is -3.22. The first-order valence-electron chi connectivity index (χ1n) is 12.7. The molecular formula is C30H36ClN3O3. The van der Waals surface area contributed by atoms with Crippen LogP contribution in [-0.2, 0) is 17.8 Å². The molecule has 3 aromatic carbocycles. The number of amides is 1. The van der Waals surface area contributed by atoms with Gasteiger partial charge in [-0.3, -0.25) is 4.79 Å². The number of halogens is 1. The maximum atomic E-state index is 13.8. The molecule has 3 aromatic rings. The fourth-order valence-corrected chi connectivity index (χ4v) is 5.00. The second-order valence-electron chi connectivity index (χ2n) is 9.67. The van der Waals surface area contributed by atoms with Crippen molar-refractivity contribution < 1.29 is 14.3 Å². The summed E-state index contributed by atoms with van der Waals surface area (Å²) < 4.78 is 12.0. The van der Waals surface area contributed by atoms with Gasteiger partial charge in [-0.25, -0.2) is 0 Å². The molecule has 0 spiro atoms. The lowest BCUT2D eigenvalue weighted by molar-refractivity contribution is -0.118. The van der Waals surface area contributed by atoms with Crippen LogP contribution < -0.4 is 24.6 Å². The molecule has 1 heterocycles. The molecule has 0 aromatic heterocycles. The topological polar surface area (TPSA) is 54.0 Å². The van der Waals surface area contributed by atoms with E-state index in [-0.39, 0.29) is 24.5 Å². The summed E-state index contributed by atoms with van der Waals surface area (Å²) in [7, 11) is 7.55. The highest BCUT2D eigenvalue weighted by Gasteiger charge is 2.37. The Kier molecular flexibility index (Phi) is 8.30. The predicted molar refractivity (Wildman–Crippen MR) is 151 cm³/mol. The summed E-state index contributed by atoms with van der Waals surface area (Å²) in [4.78, 5) is 17.8. The SMILES string of the molecule is CCC(C)Oc1cc2c(cc1OC)CC(=O)N(c1ccc(N(C)C)cc1)C2c1ccc(Cl)cc1CNC. The standard InChI is InChI=1S/C30H36ClN3O3/c1-7-19(2)37-28-17-26-20(15-27(28)36-6)16-29(35)34(24-11-9-23(10-12-24)33(4)5)30(26)25-13-8-22(31)14-21(25)18-32-3/h8-15,17,19,30,32H,7,16,18H2,1-6H3. The van der Waals surface area contributed by atoms with Crippen molar-refractivity contribution in [3.63, 3.8) is 0 Å². The minimum atomic E-state index is -0.354. The number of hydrogen-bond donors (Lipinski definition) is 1. The van der Waals surface area contributed by atoms with E-state index >= 15 is 0 Å². The zero-order chi connectivity index (χ0) is 26.7. The molecule has 0 bridgehead atoms. The van der Waals surface area contributed by atoms with E-state index in [1.807, 2.05) is 86.4 Å².